The highest BCUT2D eigenvalue weighted by atomic mass is 35.5. The van der Waals surface area contributed by atoms with Crippen LogP contribution in [0, 0.1) is 0 Å². The van der Waals surface area contributed by atoms with Gasteiger partial charge in [-0.05, 0) is 42.0 Å². The van der Waals surface area contributed by atoms with Crippen molar-refractivity contribution in [3.05, 3.63) is 75.7 Å². The predicted molar refractivity (Wildman–Crippen MR) is 122 cm³/mol. The zero-order valence-corrected chi connectivity index (χ0v) is 18.6. The average molecular weight is 470 g/mol. The SMILES string of the molecule is COc1ccc2c(Cc3c(Cl)cncc3Cl)nnc(-c3ccc(OC)c(C(=O)O)c3)c2c1. The predicted octanol–water partition coefficient (Wildman–Crippen LogP) is 5.30. The molecule has 0 atom stereocenters. The summed E-state index contributed by atoms with van der Waals surface area (Å²) in [6.45, 7) is 0. The van der Waals surface area contributed by atoms with E-state index in [1.165, 1.54) is 25.6 Å². The minimum Gasteiger partial charge on any atom is -0.497 e. The second-order valence-electron chi connectivity index (χ2n) is 6.89. The summed E-state index contributed by atoms with van der Waals surface area (Å²) in [5.74, 6) is -0.212. The van der Waals surface area contributed by atoms with Crippen molar-refractivity contribution in [3.63, 3.8) is 0 Å². The van der Waals surface area contributed by atoms with E-state index in [2.05, 4.69) is 15.2 Å². The van der Waals surface area contributed by atoms with Gasteiger partial charge >= 0.3 is 5.97 Å². The van der Waals surface area contributed by atoms with Gasteiger partial charge in [-0.15, -0.1) is 5.10 Å². The summed E-state index contributed by atoms with van der Waals surface area (Å²) in [5, 5.41) is 20.8. The second kappa shape index (κ2) is 8.98. The number of carbonyl (C=O) groups is 1. The van der Waals surface area contributed by atoms with Crippen LogP contribution in [0.1, 0.15) is 21.6 Å². The van der Waals surface area contributed by atoms with Gasteiger partial charge in [-0.1, -0.05) is 23.2 Å². The molecule has 0 spiro atoms. The van der Waals surface area contributed by atoms with Gasteiger partial charge in [0.1, 0.15) is 22.8 Å². The van der Waals surface area contributed by atoms with Crippen molar-refractivity contribution in [3.8, 4) is 22.8 Å². The molecule has 0 aliphatic rings. The number of pyridine rings is 1. The number of carboxylic acids is 1. The molecule has 0 fully saturated rings. The minimum absolute atomic E-state index is 0.0299. The van der Waals surface area contributed by atoms with Gasteiger partial charge in [-0.25, -0.2) is 4.79 Å². The molecule has 4 aromatic rings. The van der Waals surface area contributed by atoms with E-state index in [4.69, 9.17) is 32.7 Å². The van der Waals surface area contributed by atoms with E-state index in [1.807, 2.05) is 18.2 Å². The van der Waals surface area contributed by atoms with Crippen LogP contribution in [-0.4, -0.2) is 40.5 Å². The van der Waals surface area contributed by atoms with E-state index in [0.717, 1.165) is 10.8 Å². The Morgan fingerprint density at radius 3 is 2.38 bits per heavy atom. The lowest BCUT2D eigenvalue weighted by Crippen LogP contribution is -2.03. The first-order valence-corrected chi connectivity index (χ1v) is 10.2. The number of aromatic nitrogens is 3. The summed E-state index contributed by atoms with van der Waals surface area (Å²) >= 11 is 12.6. The number of ether oxygens (including phenoxy) is 2. The van der Waals surface area contributed by atoms with Crippen LogP contribution in [0.15, 0.2) is 48.8 Å². The lowest BCUT2D eigenvalue weighted by molar-refractivity contribution is 0.0693. The molecule has 0 unspecified atom stereocenters. The molecular weight excluding hydrogens is 453 g/mol. The molecule has 2 aromatic heterocycles. The molecule has 7 nitrogen and oxygen atoms in total. The van der Waals surface area contributed by atoms with Crippen molar-refractivity contribution in [2.75, 3.05) is 14.2 Å². The molecule has 162 valence electrons. The topological polar surface area (TPSA) is 94.4 Å². The summed E-state index contributed by atoms with van der Waals surface area (Å²) in [7, 11) is 2.99. The normalized spacial score (nSPS) is 10.9. The van der Waals surface area contributed by atoms with Gasteiger partial charge < -0.3 is 14.6 Å². The van der Waals surface area contributed by atoms with Gasteiger partial charge in [-0.2, -0.15) is 5.10 Å². The third-order valence-electron chi connectivity index (χ3n) is 5.06. The molecule has 1 N–H and O–H groups in total. The second-order valence-corrected chi connectivity index (χ2v) is 7.70. The molecule has 0 aliphatic carbocycles. The number of fused-ring (bicyclic) bond motifs is 1. The van der Waals surface area contributed by atoms with Crippen LogP contribution in [0.25, 0.3) is 22.0 Å². The molecule has 2 aromatic carbocycles. The number of methoxy groups -OCH3 is 2. The van der Waals surface area contributed by atoms with E-state index in [9.17, 15) is 9.90 Å². The van der Waals surface area contributed by atoms with Crippen LogP contribution in [0.4, 0.5) is 0 Å². The van der Waals surface area contributed by atoms with Gasteiger partial charge in [0.2, 0.25) is 0 Å². The fourth-order valence-electron chi connectivity index (χ4n) is 3.46. The van der Waals surface area contributed by atoms with Crippen LogP contribution in [0.5, 0.6) is 11.5 Å². The van der Waals surface area contributed by atoms with Crippen molar-refractivity contribution >= 4 is 39.9 Å². The molecule has 0 saturated carbocycles. The molecule has 2 heterocycles. The molecule has 4 rings (SSSR count). The standard InChI is InChI=1S/C23H17Cl2N3O4/c1-31-13-4-5-14-15(8-13)22(12-3-6-21(32-2)17(7-12)23(29)30)28-27-20(14)9-16-18(24)10-26-11-19(16)25/h3-8,10-11H,9H2,1-2H3,(H,29,30). The zero-order valence-electron chi connectivity index (χ0n) is 17.1. The van der Waals surface area contributed by atoms with Crippen LogP contribution in [0.3, 0.4) is 0 Å². The summed E-state index contributed by atoms with van der Waals surface area (Å²) in [6, 6.07) is 10.4. The van der Waals surface area contributed by atoms with Crippen LogP contribution < -0.4 is 9.47 Å². The minimum atomic E-state index is -1.10. The van der Waals surface area contributed by atoms with E-state index >= 15 is 0 Å². The molecule has 0 amide bonds. The molecule has 32 heavy (non-hydrogen) atoms. The largest absolute Gasteiger partial charge is 0.497 e. The number of rotatable bonds is 6. The van der Waals surface area contributed by atoms with Crippen LogP contribution in [-0.2, 0) is 6.42 Å². The fourth-order valence-corrected chi connectivity index (χ4v) is 3.95. The van der Waals surface area contributed by atoms with Crippen LogP contribution >= 0.6 is 23.2 Å². The van der Waals surface area contributed by atoms with E-state index < -0.39 is 5.97 Å². The van der Waals surface area contributed by atoms with Gasteiger partial charge in [-0.3, -0.25) is 4.98 Å². The summed E-state index contributed by atoms with van der Waals surface area (Å²) in [6.07, 6.45) is 3.40. The van der Waals surface area contributed by atoms with Crippen LogP contribution in [0.2, 0.25) is 10.0 Å². The first kappa shape index (κ1) is 21.8. The van der Waals surface area contributed by atoms with Gasteiger partial charge in [0.25, 0.3) is 0 Å². The van der Waals surface area contributed by atoms with Gasteiger partial charge in [0, 0.05) is 35.2 Å². The quantitative estimate of drug-likeness (QED) is 0.408. The molecule has 0 saturated heterocycles. The maximum absolute atomic E-state index is 11.7. The highest BCUT2D eigenvalue weighted by Gasteiger charge is 2.18. The maximum Gasteiger partial charge on any atom is 0.339 e. The smallest absolute Gasteiger partial charge is 0.339 e. The third kappa shape index (κ3) is 4.04. The lowest BCUT2D eigenvalue weighted by atomic mass is 9.99. The summed E-state index contributed by atoms with van der Waals surface area (Å²) in [5.41, 5.74) is 2.48. The molecular formula is C23H17Cl2N3O4. The Balaban J connectivity index is 1.91. The number of carboxylic acid groups (broad SMARTS) is 1. The highest BCUT2D eigenvalue weighted by Crippen LogP contribution is 2.35. The molecule has 9 heteroatoms. The average Bonchev–Trinajstić information content (AvgIpc) is 2.80. The summed E-state index contributed by atoms with van der Waals surface area (Å²) in [4.78, 5) is 15.7. The fraction of sp³-hybridized carbons (Fsp3) is 0.130. The lowest BCUT2D eigenvalue weighted by Gasteiger charge is -2.13. The van der Waals surface area contributed by atoms with E-state index in [1.54, 1.807) is 19.2 Å². The van der Waals surface area contributed by atoms with Crippen molar-refractivity contribution in [1.29, 1.82) is 0 Å². The number of nitrogens with zero attached hydrogens (tertiary/aromatic N) is 3. The Morgan fingerprint density at radius 2 is 1.72 bits per heavy atom. The number of hydrogen-bond donors (Lipinski definition) is 1. The molecule has 0 radical (unpaired) electrons. The number of hydrogen-bond acceptors (Lipinski definition) is 6. The first-order valence-electron chi connectivity index (χ1n) is 9.45. The van der Waals surface area contributed by atoms with Crippen molar-refractivity contribution in [1.82, 2.24) is 15.2 Å². The monoisotopic (exact) mass is 469 g/mol. The Bertz CT molecular complexity index is 1320. The van der Waals surface area contributed by atoms with Crippen molar-refractivity contribution in [2.45, 2.75) is 6.42 Å². The van der Waals surface area contributed by atoms with Crippen molar-refractivity contribution < 1.29 is 19.4 Å². The molecule has 0 aliphatic heterocycles. The molecule has 0 bridgehead atoms. The Hall–Kier alpha value is -3.42. The Kier molecular flexibility index (Phi) is 6.12. The zero-order chi connectivity index (χ0) is 22.8. The highest BCUT2D eigenvalue weighted by molar-refractivity contribution is 6.35. The number of aromatic carboxylic acids is 1. The number of benzene rings is 2. The summed E-state index contributed by atoms with van der Waals surface area (Å²) < 4.78 is 10.6. The number of halogens is 2. The van der Waals surface area contributed by atoms with Crippen molar-refractivity contribution in [2.24, 2.45) is 0 Å². The third-order valence-corrected chi connectivity index (χ3v) is 5.71. The van der Waals surface area contributed by atoms with Gasteiger partial charge in [0.15, 0.2) is 0 Å². The first-order chi connectivity index (χ1) is 15.4. The Morgan fingerprint density at radius 1 is 0.969 bits per heavy atom. The maximum atomic E-state index is 11.7. The van der Waals surface area contributed by atoms with E-state index in [-0.39, 0.29) is 11.3 Å². The van der Waals surface area contributed by atoms with E-state index in [0.29, 0.717) is 44.7 Å². The van der Waals surface area contributed by atoms with Gasteiger partial charge in [0.05, 0.1) is 30.0 Å². The Labute approximate surface area is 193 Å².